The zero-order chi connectivity index (χ0) is 73.3. The molecule has 6 aromatic rings. The molecule has 3 aromatic heterocycles. The molecule has 29 nitrogen and oxygen atoms in total. The summed E-state index contributed by atoms with van der Waals surface area (Å²) in [5.41, 5.74) is 3.60. The maximum Gasteiger partial charge on any atom is 0.244 e. The number of benzene rings is 3. The number of aromatic nitrogens is 3. The molecule has 0 saturated carbocycles. The zero-order valence-corrected chi connectivity index (χ0v) is 59.0. The second-order valence-corrected chi connectivity index (χ2v) is 33.3. The van der Waals surface area contributed by atoms with Crippen LogP contribution in [0.1, 0.15) is 72.8 Å². The molecule has 0 aliphatic rings. The second-order valence-electron chi connectivity index (χ2n) is 21.3. The highest BCUT2D eigenvalue weighted by molar-refractivity contribution is 7.95. The van der Waals surface area contributed by atoms with E-state index >= 15 is 0 Å². The minimum atomic E-state index is -4.42. The van der Waals surface area contributed by atoms with E-state index in [1.165, 1.54) is 78.8 Å². The second kappa shape index (κ2) is 33.3. The van der Waals surface area contributed by atoms with Crippen LogP contribution in [0.5, 0.6) is 11.8 Å². The van der Waals surface area contributed by atoms with Gasteiger partial charge in [0.2, 0.25) is 48.4 Å². The van der Waals surface area contributed by atoms with Crippen LogP contribution in [0.3, 0.4) is 0 Å². The number of sulfonamides is 3. The lowest BCUT2D eigenvalue weighted by Crippen LogP contribution is -2.27. The first-order valence-corrected chi connectivity index (χ1v) is 37.3. The molecule has 510 valence electrons. The predicted molar refractivity (Wildman–Crippen MR) is 347 cm³/mol. The number of aryl methyl sites for hydroxylation is 4. The molecule has 3 heterocycles. The van der Waals surface area contributed by atoms with E-state index in [-0.39, 0.29) is 76.0 Å². The molecule has 0 saturated heterocycles. The van der Waals surface area contributed by atoms with Gasteiger partial charge in [-0.05, 0) is 99.0 Å². The van der Waals surface area contributed by atoms with Gasteiger partial charge in [0, 0.05) is 46.0 Å². The number of nitrogens with one attached hydrogen (secondary N) is 1. The first-order chi connectivity index (χ1) is 45.2. The van der Waals surface area contributed by atoms with Crippen molar-refractivity contribution in [2.75, 3.05) is 66.7 Å². The normalized spacial score (nSPS) is 11.6. The first-order valence-electron chi connectivity index (χ1n) is 27.9. The summed E-state index contributed by atoms with van der Waals surface area (Å²) in [7, 11) is -16.9. The van der Waals surface area contributed by atoms with Gasteiger partial charge in [0.05, 0.1) is 112 Å². The van der Waals surface area contributed by atoms with Gasteiger partial charge in [-0.2, -0.15) is 26.3 Å². The predicted octanol–water partition coefficient (Wildman–Crippen LogP) is 3.83. The standard InChI is InChI=1S/2C21H22N4O6S2.C20H20N4O5S2/c1-14-9-20(31-5)24-18(17(14)11-22)10-16(26)13-32(27,28)19-8-6-7-15(12-23-2)21(19)33(29,30)25(3)4;1-14-9-21(31-4)24-18(17(14)12-23)11-16(26)13-32(27,28)20-10-15(7-8-22)5-6-19(20)33(29,30)25(2)3;1-13-8-14(2)24-18(17(13)11-22)10-16(25)12-30(26,27)20-9-15(6-7-21)4-5-19(20)31(28,29)23-3/h6-9H,10,12-13H2,1,3-5H3;5-6,9-10H,7,11,13H2,1-4H3;4-5,8-9,23H,6,10,12H2,1-3H3. The molecular weight excluding hydrogens is 1380 g/mol. The molecule has 0 aliphatic heterocycles. The fourth-order valence-corrected chi connectivity index (χ4v) is 18.3. The van der Waals surface area contributed by atoms with E-state index < -0.39 is 143 Å². The Labute approximate surface area is 563 Å². The van der Waals surface area contributed by atoms with Crippen LogP contribution in [0.25, 0.3) is 4.85 Å². The van der Waals surface area contributed by atoms with Gasteiger partial charge in [0.25, 0.3) is 0 Å². The summed E-state index contributed by atoms with van der Waals surface area (Å²) < 4.78 is 168. The third-order valence-corrected chi connectivity index (χ3v) is 24.6. The number of methoxy groups -OCH3 is 2. The number of nitrogens with zero attached hydrogens (tertiary/aromatic N) is 11. The molecule has 97 heavy (non-hydrogen) atoms. The molecule has 6 rings (SSSR count). The van der Waals surface area contributed by atoms with Crippen molar-refractivity contribution in [3.63, 3.8) is 0 Å². The smallest absolute Gasteiger partial charge is 0.244 e. The Bertz CT molecular complexity index is 5000. The van der Waals surface area contributed by atoms with Gasteiger partial charge < -0.3 is 14.3 Å². The lowest BCUT2D eigenvalue weighted by molar-refractivity contribution is -0.117. The summed E-state index contributed by atoms with van der Waals surface area (Å²) in [6.07, 6.45) is -1.59. The third kappa shape index (κ3) is 19.9. The summed E-state index contributed by atoms with van der Waals surface area (Å²) in [6.45, 7) is 13.4. The topological polar surface area (TPSA) is 455 Å². The summed E-state index contributed by atoms with van der Waals surface area (Å²) in [5.74, 6) is -4.97. The molecule has 0 fully saturated rings. The Morgan fingerprint density at radius 1 is 0.515 bits per heavy atom. The minimum absolute atomic E-state index is 0.0177. The van der Waals surface area contributed by atoms with Crippen LogP contribution in [0, 0.1) is 90.9 Å². The SMILES string of the molecule is CNS(=O)(=O)c1ccc(CC#N)cc1S(=O)(=O)CC(=O)Cc1nc(C)cc(C)c1C#N.COc1cc(C)c(C#N)c(CC(=O)CS(=O)(=O)c2cc(CC#N)ccc2S(=O)(=O)N(C)C)n1.[C-]#[N+]Cc1cccc(S(=O)(=O)CC(=O)Cc2nc(OC)cc(C)c2C#N)c1S(=O)(=O)N(C)C. The summed E-state index contributed by atoms with van der Waals surface area (Å²) >= 11 is 0. The van der Waals surface area contributed by atoms with E-state index in [1.54, 1.807) is 33.8 Å². The Balaban J connectivity index is 0.000000309. The fraction of sp³-hybridized carbons (Fsp3) is 0.323. The van der Waals surface area contributed by atoms with Crippen molar-refractivity contribution in [3.8, 4) is 42.1 Å². The highest BCUT2D eigenvalue weighted by Gasteiger charge is 2.35. The number of nitriles is 5. The van der Waals surface area contributed by atoms with Crippen LogP contribution >= 0.6 is 0 Å². The van der Waals surface area contributed by atoms with Crippen LogP contribution in [0.2, 0.25) is 0 Å². The van der Waals surface area contributed by atoms with Gasteiger partial charge in [-0.3, -0.25) is 19.4 Å². The van der Waals surface area contributed by atoms with Crippen LogP contribution < -0.4 is 14.2 Å². The average molecular weight is 1440 g/mol. The summed E-state index contributed by atoms with van der Waals surface area (Å²) in [5, 5.41) is 45.9. The fourth-order valence-electron chi connectivity index (χ4n) is 9.19. The van der Waals surface area contributed by atoms with E-state index in [9.17, 15) is 80.7 Å². The van der Waals surface area contributed by atoms with Crippen molar-refractivity contribution in [3.05, 3.63) is 157 Å². The van der Waals surface area contributed by atoms with Crippen LogP contribution in [0.15, 0.2) is 102 Å². The van der Waals surface area contributed by atoms with Crippen molar-refractivity contribution >= 4 is 76.9 Å². The number of sulfone groups is 3. The first kappa shape index (κ1) is 79.7. The van der Waals surface area contributed by atoms with Crippen molar-refractivity contribution < 1.29 is 74.4 Å². The van der Waals surface area contributed by atoms with E-state index in [4.69, 9.17) is 26.6 Å². The van der Waals surface area contributed by atoms with Gasteiger partial charge in [0.1, 0.15) is 50.2 Å². The van der Waals surface area contributed by atoms with Crippen LogP contribution in [-0.4, -0.2) is 158 Å². The Morgan fingerprint density at radius 2 is 0.897 bits per heavy atom. The average Bonchev–Trinajstić information content (AvgIpc) is 0.765. The van der Waals surface area contributed by atoms with E-state index in [2.05, 4.69) is 24.5 Å². The van der Waals surface area contributed by atoms with Gasteiger partial charge in [-0.25, -0.2) is 80.4 Å². The molecule has 1 N–H and O–H groups in total. The number of rotatable bonds is 26. The Morgan fingerprint density at radius 3 is 1.27 bits per heavy atom. The van der Waals surface area contributed by atoms with Crippen molar-refractivity contribution in [2.24, 2.45) is 0 Å². The number of carbonyl (C=O) groups is 3. The van der Waals surface area contributed by atoms with Crippen molar-refractivity contribution in [2.45, 2.75) is 95.7 Å². The molecule has 0 unspecified atom stereocenters. The van der Waals surface area contributed by atoms with Gasteiger partial charge in [0.15, 0.2) is 46.9 Å². The van der Waals surface area contributed by atoms with Crippen LogP contribution in [-0.2, 0) is 113 Å². The summed E-state index contributed by atoms with van der Waals surface area (Å²) in [4.78, 5) is 50.3. The monoisotopic (exact) mass is 1440 g/mol. The van der Waals surface area contributed by atoms with E-state index in [0.29, 0.717) is 27.9 Å². The highest BCUT2D eigenvalue weighted by atomic mass is 32.2. The van der Waals surface area contributed by atoms with Gasteiger partial charge >= 0.3 is 0 Å². The maximum absolute atomic E-state index is 13.1. The Kier molecular flexibility index (Phi) is 27.3. The lowest BCUT2D eigenvalue weighted by Gasteiger charge is -2.17. The third-order valence-electron chi connectivity index (χ3n) is 13.8. The number of Topliss-reactive ketones (excluding diaryl/α,β-unsaturated/α-hetero) is 3. The largest absolute Gasteiger partial charge is 0.481 e. The van der Waals surface area contributed by atoms with Crippen LogP contribution in [0.4, 0.5) is 0 Å². The molecule has 35 heteroatoms. The molecule has 0 aliphatic carbocycles. The van der Waals surface area contributed by atoms with Crippen molar-refractivity contribution in [1.82, 2.24) is 28.3 Å². The number of hydrogen-bond donors (Lipinski definition) is 1. The maximum atomic E-state index is 13.1. The molecule has 0 amide bonds. The Hall–Kier alpha value is -9.76. The number of hydrogen-bond acceptors (Lipinski definition) is 25. The van der Waals surface area contributed by atoms with Crippen molar-refractivity contribution in [1.29, 1.82) is 26.3 Å². The number of pyridine rings is 3. The lowest BCUT2D eigenvalue weighted by atomic mass is 10.0. The highest BCUT2D eigenvalue weighted by Crippen LogP contribution is 2.31. The quantitative estimate of drug-likeness (QED) is 0.0754. The molecule has 0 spiro atoms. The molecular formula is C62H64N12O17S6. The summed E-state index contributed by atoms with van der Waals surface area (Å²) in [6, 6.07) is 25.2. The minimum Gasteiger partial charge on any atom is -0.481 e. The molecule has 0 radical (unpaired) electrons. The van der Waals surface area contributed by atoms with Gasteiger partial charge in [-0.1, -0.05) is 24.3 Å². The van der Waals surface area contributed by atoms with E-state index in [1.807, 2.05) is 30.3 Å². The zero-order valence-electron chi connectivity index (χ0n) is 54.1. The number of ketones is 3. The molecule has 3 aromatic carbocycles. The molecule has 0 bridgehead atoms. The number of ether oxygens (including phenoxy) is 2. The number of carbonyl (C=O) groups excluding carboxylic acids is 3. The molecule has 0 atom stereocenters. The van der Waals surface area contributed by atoms with Gasteiger partial charge in [-0.15, -0.1) is 0 Å². The van der Waals surface area contributed by atoms with E-state index in [0.717, 1.165) is 46.0 Å².